The van der Waals surface area contributed by atoms with Crippen molar-refractivity contribution < 1.29 is 14.6 Å². The molecule has 0 fully saturated rings. The molecule has 0 aromatic heterocycles. The molecule has 0 atom stereocenters. The number of hydrazone groups is 1. The average Bonchev–Trinajstić information content (AvgIpc) is 2.84. The van der Waals surface area contributed by atoms with E-state index in [4.69, 9.17) is 9.84 Å². The average molecular weight is 471 g/mol. The van der Waals surface area contributed by atoms with Crippen LogP contribution in [0.25, 0.3) is 0 Å². The monoisotopic (exact) mass is 470 g/mol. The molecule has 1 aliphatic rings. The smallest absolute Gasteiger partial charge is 0.335 e. The van der Waals surface area contributed by atoms with Crippen LogP contribution in [0.1, 0.15) is 80.1 Å². The van der Waals surface area contributed by atoms with Gasteiger partial charge in [-0.15, -0.1) is 0 Å². The largest absolute Gasteiger partial charge is 0.493 e. The lowest BCUT2D eigenvalue weighted by molar-refractivity contribution is 0.0697. The summed E-state index contributed by atoms with van der Waals surface area (Å²) in [5.41, 5.74) is 9.40. The number of para-hydroxylation sites is 1. The molecule has 0 bridgehead atoms. The van der Waals surface area contributed by atoms with Gasteiger partial charge < -0.3 is 9.84 Å². The number of hydrogen-bond acceptors (Lipinski definition) is 4. The van der Waals surface area contributed by atoms with Crippen LogP contribution in [-0.2, 0) is 10.8 Å². The highest BCUT2D eigenvalue weighted by molar-refractivity contribution is 6.15. The molecule has 2 N–H and O–H groups in total. The highest BCUT2D eigenvalue weighted by Crippen LogP contribution is 2.48. The first-order chi connectivity index (χ1) is 16.6. The van der Waals surface area contributed by atoms with E-state index in [9.17, 15) is 9.90 Å². The molecule has 182 valence electrons. The minimum absolute atomic E-state index is 0.0233. The normalized spacial score (nSPS) is 16.3. The number of nitrogens with zero attached hydrogens (tertiary/aromatic N) is 1. The second-order valence-corrected chi connectivity index (χ2v) is 10.4. The Morgan fingerprint density at radius 3 is 2.06 bits per heavy atom. The molecular weight excluding hydrogens is 436 g/mol. The third-order valence-corrected chi connectivity index (χ3v) is 6.98. The molecule has 5 heteroatoms. The Morgan fingerprint density at radius 2 is 1.49 bits per heavy atom. The van der Waals surface area contributed by atoms with Crippen LogP contribution in [0, 0.1) is 0 Å². The number of nitrogens with one attached hydrogen (secondary N) is 1. The molecule has 0 saturated heterocycles. The number of ether oxygens (including phenoxy) is 1. The Balaban J connectivity index is 1.92. The summed E-state index contributed by atoms with van der Waals surface area (Å²) in [6.45, 7) is 11.7. The summed E-state index contributed by atoms with van der Waals surface area (Å²) in [7, 11) is 0. The molecule has 0 saturated carbocycles. The maximum Gasteiger partial charge on any atom is 0.335 e. The number of fused-ring (bicyclic) bond motifs is 1. The molecule has 35 heavy (non-hydrogen) atoms. The Bertz CT molecular complexity index is 1240. The first-order valence-electron chi connectivity index (χ1n) is 12.2. The lowest BCUT2D eigenvalue weighted by Gasteiger charge is -2.42. The zero-order valence-corrected chi connectivity index (χ0v) is 21.2. The minimum Gasteiger partial charge on any atom is -0.493 e. The highest BCUT2D eigenvalue weighted by atomic mass is 16.5. The number of carboxylic acids is 1. The van der Waals surface area contributed by atoms with Crippen molar-refractivity contribution in [2.24, 2.45) is 5.10 Å². The van der Waals surface area contributed by atoms with Gasteiger partial charge in [-0.25, -0.2) is 4.79 Å². The fourth-order valence-electron chi connectivity index (χ4n) is 4.74. The standard InChI is InChI=1S/C30H34N2O3/c1-6-35-26-19-25-24(29(2,3)16-17-30(25,4)5)18-23(26)27(32-31-22-10-8-7-9-11-22)20-12-14-21(15-13-20)28(33)34/h7-15,18-19,31H,6,16-17H2,1-5H3,(H,33,34)/b32-27+. The molecule has 4 rings (SSSR count). The zero-order valence-electron chi connectivity index (χ0n) is 21.2. The third kappa shape index (κ3) is 5.09. The van der Waals surface area contributed by atoms with Crippen LogP contribution in [0.2, 0.25) is 0 Å². The van der Waals surface area contributed by atoms with Crippen molar-refractivity contribution in [3.05, 3.63) is 94.5 Å². The Morgan fingerprint density at radius 1 is 0.914 bits per heavy atom. The van der Waals surface area contributed by atoms with Gasteiger partial charge >= 0.3 is 5.97 Å². The van der Waals surface area contributed by atoms with Gasteiger partial charge in [0, 0.05) is 11.1 Å². The summed E-state index contributed by atoms with van der Waals surface area (Å²) < 4.78 is 6.18. The van der Waals surface area contributed by atoms with Gasteiger partial charge in [0.1, 0.15) is 11.5 Å². The van der Waals surface area contributed by atoms with Crippen molar-refractivity contribution in [1.82, 2.24) is 0 Å². The fraction of sp³-hybridized carbons (Fsp3) is 0.333. The predicted octanol–water partition coefficient (Wildman–Crippen LogP) is 7.00. The molecule has 0 amide bonds. The SMILES string of the molecule is CCOc1cc2c(cc1/C(=N/Nc1ccccc1)c1ccc(C(=O)O)cc1)C(C)(C)CCC2(C)C. The van der Waals surface area contributed by atoms with E-state index in [1.807, 2.05) is 37.3 Å². The van der Waals surface area contributed by atoms with Gasteiger partial charge in [-0.3, -0.25) is 5.43 Å². The number of benzene rings is 3. The van der Waals surface area contributed by atoms with Crippen LogP contribution in [0.4, 0.5) is 5.69 Å². The van der Waals surface area contributed by atoms with Crippen LogP contribution in [0.3, 0.4) is 0 Å². The van der Waals surface area contributed by atoms with Gasteiger partial charge in [0.2, 0.25) is 0 Å². The summed E-state index contributed by atoms with van der Waals surface area (Å²) in [4.78, 5) is 11.4. The summed E-state index contributed by atoms with van der Waals surface area (Å²) in [6, 6.07) is 21.0. The predicted molar refractivity (Wildman–Crippen MR) is 142 cm³/mol. The van der Waals surface area contributed by atoms with Gasteiger partial charge in [0.05, 0.1) is 17.9 Å². The van der Waals surface area contributed by atoms with E-state index in [-0.39, 0.29) is 16.4 Å². The van der Waals surface area contributed by atoms with E-state index in [0.29, 0.717) is 12.3 Å². The Labute approximate surface area is 207 Å². The molecule has 1 aliphatic carbocycles. The Hall–Kier alpha value is -3.60. The quantitative estimate of drug-likeness (QED) is 0.288. The van der Waals surface area contributed by atoms with Crippen LogP contribution < -0.4 is 10.2 Å². The number of aromatic carboxylic acids is 1. The zero-order chi connectivity index (χ0) is 25.2. The van der Waals surface area contributed by atoms with E-state index in [1.54, 1.807) is 24.3 Å². The van der Waals surface area contributed by atoms with Gasteiger partial charge in [-0.2, -0.15) is 5.10 Å². The summed E-state index contributed by atoms with van der Waals surface area (Å²) in [6.07, 6.45) is 2.22. The maximum atomic E-state index is 11.4. The number of rotatable bonds is 7. The highest BCUT2D eigenvalue weighted by Gasteiger charge is 2.38. The molecule has 0 spiro atoms. The number of anilines is 1. The second kappa shape index (κ2) is 9.57. The maximum absolute atomic E-state index is 11.4. The Kier molecular flexibility index (Phi) is 6.70. The van der Waals surface area contributed by atoms with Crippen LogP contribution in [0.15, 0.2) is 71.8 Å². The van der Waals surface area contributed by atoms with Crippen LogP contribution >= 0.6 is 0 Å². The number of carbonyl (C=O) groups is 1. The second-order valence-electron chi connectivity index (χ2n) is 10.4. The van der Waals surface area contributed by atoms with E-state index in [2.05, 4.69) is 45.3 Å². The molecule has 5 nitrogen and oxygen atoms in total. The number of carboxylic acid groups (broad SMARTS) is 1. The molecule has 0 heterocycles. The molecule has 3 aromatic carbocycles. The van der Waals surface area contributed by atoms with Crippen molar-refractivity contribution in [3.63, 3.8) is 0 Å². The lowest BCUT2D eigenvalue weighted by Crippen LogP contribution is -2.34. The first kappa shape index (κ1) is 24.5. The molecule has 0 radical (unpaired) electrons. The van der Waals surface area contributed by atoms with Gasteiger partial charge in [0.25, 0.3) is 0 Å². The van der Waals surface area contributed by atoms with Gasteiger partial charge in [0.15, 0.2) is 0 Å². The van der Waals surface area contributed by atoms with Gasteiger partial charge in [-0.1, -0.05) is 58.0 Å². The van der Waals surface area contributed by atoms with E-state index in [0.717, 1.165) is 35.4 Å². The topological polar surface area (TPSA) is 70.9 Å². The summed E-state index contributed by atoms with van der Waals surface area (Å²) in [5.74, 6) is -0.168. The number of hydrogen-bond donors (Lipinski definition) is 2. The molecule has 0 unspecified atom stereocenters. The molecule has 3 aromatic rings. The fourth-order valence-corrected chi connectivity index (χ4v) is 4.74. The third-order valence-electron chi connectivity index (χ3n) is 6.98. The van der Waals surface area contributed by atoms with Crippen molar-refractivity contribution in [3.8, 4) is 5.75 Å². The van der Waals surface area contributed by atoms with Crippen molar-refractivity contribution in [2.75, 3.05) is 12.0 Å². The summed E-state index contributed by atoms with van der Waals surface area (Å²) >= 11 is 0. The molecule has 0 aliphatic heterocycles. The lowest BCUT2D eigenvalue weighted by atomic mass is 9.62. The minimum atomic E-state index is -0.954. The van der Waals surface area contributed by atoms with Crippen LogP contribution in [0.5, 0.6) is 5.75 Å². The van der Waals surface area contributed by atoms with Crippen molar-refractivity contribution >= 4 is 17.4 Å². The van der Waals surface area contributed by atoms with E-state index < -0.39 is 5.97 Å². The molecular formula is C30H34N2O3. The van der Waals surface area contributed by atoms with E-state index >= 15 is 0 Å². The van der Waals surface area contributed by atoms with Crippen molar-refractivity contribution in [2.45, 2.75) is 58.3 Å². The first-order valence-corrected chi connectivity index (χ1v) is 12.2. The summed E-state index contributed by atoms with van der Waals surface area (Å²) in [5, 5.41) is 14.2. The van der Waals surface area contributed by atoms with Crippen molar-refractivity contribution in [1.29, 1.82) is 0 Å². The van der Waals surface area contributed by atoms with Gasteiger partial charge in [-0.05, 0) is 78.1 Å². The van der Waals surface area contributed by atoms with E-state index in [1.165, 1.54) is 11.1 Å². The van der Waals surface area contributed by atoms with Crippen LogP contribution in [-0.4, -0.2) is 23.4 Å².